The van der Waals surface area contributed by atoms with E-state index in [1.54, 1.807) is 12.1 Å². The van der Waals surface area contributed by atoms with Gasteiger partial charge >= 0.3 is 0 Å². The molecule has 2 aromatic carbocycles. The van der Waals surface area contributed by atoms with Crippen LogP contribution in [0.1, 0.15) is 30.0 Å². The van der Waals surface area contributed by atoms with Gasteiger partial charge in [-0.15, -0.1) is 0 Å². The molecule has 1 fully saturated rings. The number of halogens is 1. The van der Waals surface area contributed by atoms with Gasteiger partial charge in [-0.25, -0.2) is 4.39 Å². The first-order chi connectivity index (χ1) is 11.1. The summed E-state index contributed by atoms with van der Waals surface area (Å²) in [5.74, 6) is -0.307. The minimum Gasteiger partial charge on any atom is -0.352 e. The third kappa shape index (κ3) is 4.17. The average Bonchev–Trinajstić information content (AvgIpc) is 3.34. The molecule has 3 rings (SSSR count). The molecule has 0 spiro atoms. The summed E-state index contributed by atoms with van der Waals surface area (Å²) in [4.78, 5) is 14.7. The van der Waals surface area contributed by atoms with Gasteiger partial charge in [0.25, 0.3) is 0 Å². The molecule has 0 heterocycles. The molecule has 2 aromatic rings. The van der Waals surface area contributed by atoms with Crippen LogP contribution in [0, 0.1) is 5.82 Å². The number of benzene rings is 2. The fourth-order valence-electron chi connectivity index (χ4n) is 2.72. The third-order valence-electron chi connectivity index (χ3n) is 4.07. The molecule has 120 valence electrons. The molecule has 0 bridgehead atoms. The Bertz CT molecular complexity index is 653. The Morgan fingerprint density at radius 1 is 1.17 bits per heavy atom. The van der Waals surface area contributed by atoms with E-state index in [4.69, 9.17) is 0 Å². The van der Waals surface area contributed by atoms with Crippen LogP contribution in [0.4, 0.5) is 4.39 Å². The number of carbonyl (C=O) groups excluding carboxylic acids is 1. The van der Waals surface area contributed by atoms with Crippen LogP contribution in [-0.2, 0) is 11.3 Å². The van der Waals surface area contributed by atoms with Crippen LogP contribution in [0.2, 0.25) is 0 Å². The normalized spacial score (nSPS) is 15.4. The van der Waals surface area contributed by atoms with Crippen molar-refractivity contribution in [1.29, 1.82) is 0 Å². The van der Waals surface area contributed by atoms with E-state index in [1.807, 2.05) is 42.3 Å². The van der Waals surface area contributed by atoms with Crippen LogP contribution in [0.15, 0.2) is 54.6 Å². The van der Waals surface area contributed by atoms with E-state index < -0.39 is 6.04 Å². The molecule has 23 heavy (non-hydrogen) atoms. The van der Waals surface area contributed by atoms with Gasteiger partial charge in [-0.1, -0.05) is 42.5 Å². The van der Waals surface area contributed by atoms with Crippen molar-refractivity contribution < 1.29 is 9.18 Å². The van der Waals surface area contributed by atoms with Crippen LogP contribution < -0.4 is 5.32 Å². The lowest BCUT2D eigenvalue weighted by Crippen LogP contribution is -2.39. The molecule has 0 unspecified atom stereocenters. The van der Waals surface area contributed by atoms with Crippen molar-refractivity contribution in [1.82, 2.24) is 10.2 Å². The largest absolute Gasteiger partial charge is 0.352 e. The molecule has 0 saturated heterocycles. The molecule has 1 amide bonds. The first kappa shape index (κ1) is 15.7. The summed E-state index contributed by atoms with van der Waals surface area (Å²) in [6.07, 6.45) is 2.09. The minimum absolute atomic E-state index is 0.0162. The van der Waals surface area contributed by atoms with Crippen molar-refractivity contribution in [2.45, 2.75) is 31.5 Å². The summed E-state index contributed by atoms with van der Waals surface area (Å²) in [7, 11) is 1.92. The molecule has 1 aliphatic carbocycles. The Hall–Kier alpha value is -2.20. The monoisotopic (exact) mass is 312 g/mol. The van der Waals surface area contributed by atoms with Gasteiger partial charge in [0.15, 0.2) is 0 Å². The van der Waals surface area contributed by atoms with Gasteiger partial charge in [0.1, 0.15) is 11.9 Å². The van der Waals surface area contributed by atoms with Crippen molar-refractivity contribution in [3.63, 3.8) is 0 Å². The number of likely N-dealkylation sites (N-methyl/N-ethyl adjacent to an activating group) is 1. The highest BCUT2D eigenvalue weighted by Crippen LogP contribution is 2.25. The number of hydrogen-bond donors (Lipinski definition) is 1. The number of nitrogens with one attached hydrogen (secondary N) is 1. The highest BCUT2D eigenvalue weighted by Gasteiger charge is 2.30. The number of hydrogen-bond acceptors (Lipinski definition) is 2. The van der Waals surface area contributed by atoms with Gasteiger partial charge in [0, 0.05) is 12.6 Å². The zero-order valence-corrected chi connectivity index (χ0v) is 13.2. The second-order valence-electron chi connectivity index (χ2n) is 6.14. The van der Waals surface area contributed by atoms with Crippen molar-refractivity contribution in [3.8, 4) is 0 Å². The lowest BCUT2D eigenvalue weighted by Gasteiger charge is -2.27. The average molecular weight is 312 g/mol. The van der Waals surface area contributed by atoms with Crippen LogP contribution in [0.3, 0.4) is 0 Å². The molecule has 3 nitrogen and oxygen atoms in total. The predicted molar refractivity (Wildman–Crippen MR) is 88.2 cm³/mol. The first-order valence-corrected chi connectivity index (χ1v) is 7.93. The fourth-order valence-corrected chi connectivity index (χ4v) is 2.72. The number of nitrogens with zero attached hydrogens (tertiary/aromatic N) is 1. The van der Waals surface area contributed by atoms with E-state index in [1.165, 1.54) is 12.1 Å². The predicted octanol–water partition coefficient (Wildman–Crippen LogP) is 3.28. The number of rotatable bonds is 6. The summed E-state index contributed by atoms with van der Waals surface area (Å²) in [5, 5.41) is 3.06. The zero-order valence-electron chi connectivity index (χ0n) is 13.2. The lowest BCUT2D eigenvalue weighted by atomic mass is 10.0. The number of carbonyl (C=O) groups is 1. The standard InChI is InChI=1S/C19H21FN2O/c1-22(13-14-5-3-2-4-6-14)18(19(23)21-17-11-12-17)15-7-9-16(20)10-8-15/h2-10,17-18H,11-13H2,1H3,(H,21,23)/t18-/m0/s1. The topological polar surface area (TPSA) is 32.3 Å². The van der Waals surface area contributed by atoms with Crippen molar-refractivity contribution in [3.05, 3.63) is 71.5 Å². The maximum absolute atomic E-state index is 13.2. The second kappa shape index (κ2) is 6.92. The van der Waals surface area contributed by atoms with Crippen LogP contribution in [-0.4, -0.2) is 23.9 Å². The SMILES string of the molecule is CN(Cc1ccccc1)[C@H](C(=O)NC1CC1)c1ccc(F)cc1. The number of amides is 1. The fraction of sp³-hybridized carbons (Fsp3) is 0.316. The highest BCUT2D eigenvalue weighted by atomic mass is 19.1. The molecule has 4 heteroatoms. The summed E-state index contributed by atoms with van der Waals surface area (Å²) < 4.78 is 13.2. The van der Waals surface area contributed by atoms with Crippen LogP contribution in [0.5, 0.6) is 0 Å². The first-order valence-electron chi connectivity index (χ1n) is 7.93. The molecule has 0 radical (unpaired) electrons. The highest BCUT2D eigenvalue weighted by molar-refractivity contribution is 5.83. The van der Waals surface area contributed by atoms with Crippen molar-refractivity contribution >= 4 is 5.91 Å². The molecule has 0 aliphatic heterocycles. The van der Waals surface area contributed by atoms with E-state index in [-0.39, 0.29) is 11.7 Å². The molecule has 1 saturated carbocycles. The smallest absolute Gasteiger partial charge is 0.242 e. The summed E-state index contributed by atoms with van der Waals surface area (Å²) >= 11 is 0. The van der Waals surface area contributed by atoms with Gasteiger partial charge in [0.05, 0.1) is 0 Å². The van der Waals surface area contributed by atoms with Gasteiger partial charge in [-0.3, -0.25) is 9.69 Å². The Kier molecular flexibility index (Phi) is 4.72. The molecular formula is C19H21FN2O. The van der Waals surface area contributed by atoms with Crippen molar-refractivity contribution in [2.24, 2.45) is 0 Å². The Labute approximate surface area is 136 Å². The molecular weight excluding hydrogens is 291 g/mol. The van der Waals surface area contributed by atoms with E-state index >= 15 is 0 Å². The van der Waals surface area contributed by atoms with Gasteiger partial charge in [-0.05, 0) is 43.1 Å². The summed E-state index contributed by atoms with van der Waals surface area (Å²) in [5.41, 5.74) is 1.95. The zero-order chi connectivity index (χ0) is 16.2. The minimum atomic E-state index is -0.420. The Morgan fingerprint density at radius 3 is 2.43 bits per heavy atom. The van der Waals surface area contributed by atoms with Crippen molar-refractivity contribution in [2.75, 3.05) is 7.05 Å². The second-order valence-corrected chi connectivity index (χ2v) is 6.14. The van der Waals surface area contributed by atoms with E-state index in [9.17, 15) is 9.18 Å². The molecule has 1 aliphatic rings. The lowest BCUT2D eigenvalue weighted by molar-refractivity contribution is -0.126. The van der Waals surface area contributed by atoms with E-state index in [0.717, 1.165) is 24.0 Å². The van der Waals surface area contributed by atoms with Gasteiger partial charge in [0.2, 0.25) is 5.91 Å². The molecule has 1 atom stereocenters. The summed E-state index contributed by atoms with van der Waals surface area (Å²) in [6.45, 7) is 0.654. The maximum atomic E-state index is 13.2. The van der Waals surface area contributed by atoms with E-state index in [0.29, 0.717) is 12.6 Å². The molecule has 0 aromatic heterocycles. The quantitative estimate of drug-likeness (QED) is 0.888. The van der Waals surface area contributed by atoms with Gasteiger partial charge in [-0.2, -0.15) is 0 Å². The maximum Gasteiger partial charge on any atom is 0.242 e. The van der Waals surface area contributed by atoms with Crippen LogP contribution in [0.25, 0.3) is 0 Å². The van der Waals surface area contributed by atoms with Crippen LogP contribution >= 0.6 is 0 Å². The Balaban J connectivity index is 1.81. The van der Waals surface area contributed by atoms with Gasteiger partial charge < -0.3 is 5.32 Å². The third-order valence-corrected chi connectivity index (χ3v) is 4.07. The molecule has 1 N–H and O–H groups in total. The van der Waals surface area contributed by atoms with E-state index in [2.05, 4.69) is 5.32 Å². The Morgan fingerprint density at radius 2 is 1.83 bits per heavy atom. The summed E-state index contributed by atoms with van der Waals surface area (Å²) in [6, 6.07) is 16.1.